The van der Waals surface area contributed by atoms with Crippen molar-refractivity contribution in [2.75, 3.05) is 7.05 Å². The van der Waals surface area contributed by atoms with Crippen molar-refractivity contribution in [1.29, 1.82) is 0 Å². The number of nitrogens with zero attached hydrogens (tertiary/aromatic N) is 1. The number of fused-ring (bicyclic) bond motifs is 1. The SMILES string of the molecule is CC1=C(c2ccc(F)cc2)OC2=CC(N(C)S)=C(Br)CC21C. The molecule has 0 bridgehead atoms. The van der Waals surface area contributed by atoms with Gasteiger partial charge in [0.1, 0.15) is 17.3 Å². The molecule has 0 N–H and O–H groups in total. The van der Waals surface area contributed by atoms with Crippen LogP contribution in [0.25, 0.3) is 5.76 Å². The van der Waals surface area contributed by atoms with Gasteiger partial charge < -0.3 is 9.04 Å². The van der Waals surface area contributed by atoms with E-state index in [1.54, 1.807) is 16.4 Å². The van der Waals surface area contributed by atoms with E-state index in [0.717, 1.165) is 39.3 Å². The molecule has 1 aromatic carbocycles. The van der Waals surface area contributed by atoms with Crippen LogP contribution in [-0.2, 0) is 4.74 Å². The van der Waals surface area contributed by atoms with E-state index < -0.39 is 0 Å². The first-order valence-electron chi connectivity index (χ1n) is 7.01. The van der Waals surface area contributed by atoms with Gasteiger partial charge in [-0.25, -0.2) is 4.39 Å². The largest absolute Gasteiger partial charge is 0.460 e. The molecule has 1 aliphatic heterocycles. The van der Waals surface area contributed by atoms with Gasteiger partial charge in [-0.2, -0.15) is 0 Å². The molecule has 1 heterocycles. The summed E-state index contributed by atoms with van der Waals surface area (Å²) in [6.45, 7) is 4.25. The maximum atomic E-state index is 13.1. The zero-order valence-corrected chi connectivity index (χ0v) is 15.1. The van der Waals surface area contributed by atoms with E-state index in [-0.39, 0.29) is 11.2 Å². The highest BCUT2D eigenvalue weighted by Crippen LogP contribution is 2.55. The van der Waals surface area contributed by atoms with Gasteiger partial charge in [0, 0.05) is 23.2 Å². The second kappa shape index (κ2) is 5.46. The van der Waals surface area contributed by atoms with Crippen LogP contribution in [0.3, 0.4) is 0 Å². The molecule has 0 radical (unpaired) electrons. The first-order chi connectivity index (χ1) is 10.3. The summed E-state index contributed by atoms with van der Waals surface area (Å²) in [5, 5.41) is 0. The average molecular weight is 382 g/mol. The highest BCUT2D eigenvalue weighted by atomic mass is 79.9. The standard InChI is InChI=1S/C17H17BrFNOS/c1-10-16(11-4-6-12(19)7-5-11)21-15-8-14(20(3)22)13(18)9-17(10,15)2/h4-8,22H,9H2,1-3H3. The molecule has 1 aliphatic carbocycles. The van der Waals surface area contributed by atoms with Gasteiger partial charge >= 0.3 is 0 Å². The molecular weight excluding hydrogens is 365 g/mol. The van der Waals surface area contributed by atoms with Crippen LogP contribution in [0.1, 0.15) is 25.8 Å². The smallest absolute Gasteiger partial charge is 0.134 e. The van der Waals surface area contributed by atoms with Crippen molar-refractivity contribution in [2.45, 2.75) is 20.3 Å². The van der Waals surface area contributed by atoms with Crippen molar-refractivity contribution in [3.63, 3.8) is 0 Å². The van der Waals surface area contributed by atoms with E-state index in [4.69, 9.17) is 4.74 Å². The van der Waals surface area contributed by atoms with Gasteiger partial charge in [-0.15, -0.1) is 0 Å². The van der Waals surface area contributed by atoms with Crippen LogP contribution < -0.4 is 0 Å². The molecule has 116 valence electrons. The van der Waals surface area contributed by atoms with Gasteiger partial charge in [0.05, 0.1) is 11.1 Å². The van der Waals surface area contributed by atoms with Crippen molar-refractivity contribution in [1.82, 2.24) is 4.31 Å². The van der Waals surface area contributed by atoms with E-state index >= 15 is 0 Å². The summed E-state index contributed by atoms with van der Waals surface area (Å²) >= 11 is 8.03. The van der Waals surface area contributed by atoms with Gasteiger partial charge in [-0.3, -0.25) is 0 Å². The Labute approximate surface area is 144 Å². The lowest BCUT2D eigenvalue weighted by atomic mass is 9.76. The van der Waals surface area contributed by atoms with Crippen LogP contribution in [-0.4, -0.2) is 11.4 Å². The maximum absolute atomic E-state index is 13.1. The third-order valence-corrected chi connectivity index (χ3v) is 5.34. The lowest BCUT2D eigenvalue weighted by Gasteiger charge is -2.31. The Morgan fingerprint density at radius 3 is 2.55 bits per heavy atom. The monoisotopic (exact) mass is 381 g/mol. The number of ether oxygens (including phenoxy) is 1. The first-order valence-corrected chi connectivity index (χ1v) is 8.21. The molecule has 2 nitrogen and oxygen atoms in total. The number of thiol groups is 1. The number of halogens is 2. The van der Waals surface area contributed by atoms with Crippen molar-refractivity contribution in [2.24, 2.45) is 5.41 Å². The number of hydrogen-bond donors (Lipinski definition) is 1. The fourth-order valence-electron chi connectivity index (χ4n) is 2.89. The molecular formula is C17H17BrFNOS. The van der Waals surface area contributed by atoms with E-state index in [1.807, 2.05) is 13.1 Å². The number of rotatable bonds is 2. The number of benzene rings is 1. The number of likely N-dealkylation sites (N-methyl/N-ethyl adjacent to an activating group) is 1. The summed E-state index contributed by atoms with van der Waals surface area (Å²) in [5.41, 5.74) is 2.86. The Kier molecular flexibility index (Phi) is 3.89. The highest BCUT2D eigenvalue weighted by molar-refractivity contribution is 9.11. The molecule has 5 heteroatoms. The predicted molar refractivity (Wildman–Crippen MR) is 93.6 cm³/mol. The Balaban J connectivity index is 2.04. The van der Waals surface area contributed by atoms with E-state index in [9.17, 15) is 4.39 Å². The highest BCUT2D eigenvalue weighted by Gasteiger charge is 2.44. The second-order valence-corrected chi connectivity index (χ2v) is 7.45. The summed E-state index contributed by atoms with van der Waals surface area (Å²) in [6.07, 6.45) is 2.83. The number of hydrogen-bond acceptors (Lipinski definition) is 3. The summed E-state index contributed by atoms with van der Waals surface area (Å²) < 4.78 is 22.1. The normalized spacial score (nSPS) is 24.2. The van der Waals surface area contributed by atoms with Crippen LogP contribution in [0.4, 0.5) is 4.39 Å². The van der Waals surface area contributed by atoms with Crippen LogP contribution in [0.2, 0.25) is 0 Å². The minimum absolute atomic E-state index is 0.185. The van der Waals surface area contributed by atoms with Crippen molar-refractivity contribution in [3.8, 4) is 0 Å². The van der Waals surface area contributed by atoms with E-state index in [0.29, 0.717) is 0 Å². The van der Waals surface area contributed by atoms with E-state index in [1.165, 1.54) is 12.1 Å². The molecule has 1 atom stereocenters. The maximum Gasteiger partial charge on any atom is 0.134 e. The molecule has 0 fully saturated rings. The lowest BCUT2D eigenvalue weighted by Crippen LogP contribution is -2.23. The van der Waals surface area contributed by atoms with Crippen molar-refractivity contribution in [3.05, 3.63) is 63.2 Å². The molecule has 2 aliphatic rings. The third-order valence-electron chi connectivity index (χ3n) is 4.43. The Morgan fingerprint density at radius 1 is 1.32 bits per heavy atom. The average Bonchev–Trinajstić information content (AvgIpc) is 2.70. The zero-order valence-electron chi connectivity index (χ0n) is 12.7. The van der Waals surface area contributed by atoms with Crippen LogP contribution in [0.5, 0.6) is 0 Å². The second-order valence-electron chi connectivity index (χ2n) is 5.89. The fourth-order valence-corrected chi connectivity index (χ4v) is 4.15. The molecule has 0 saturated carbocycles. The Hall–Kier alpha value is -1.20. The zero-order chi connectivity index (χ0) is 16.1. The molecule has 1 unspecified atom stereocenters. The lowest BCUT2D eigenvalue weighted by molar-refractivity contribution is 0.302. The predicted octanol–water partition coefficient (Wildman–Crippen LogP) is 5.26. The Bertz CT molecular complexity index is 721. The van der Waals surface area contributed by atoms with Gasteiger partial charge in [-0.05, 0) is 50.1 Å². The van der Waals surface area contributed by atoms with Crippen molar-refractivity contribution < 1.29 is 9.13 Å². The summed E-state index contributed by atoms with van der Waals surface area (Å²) in [5.74, 6) is 1.48. The quantitative estimate of drug-likeness (QED) is 0.701. The minimum atomic E-state index is -0.244. The van der Waals surface area contributed by atoms with Crippen LogP contribution in [0, 0.1) is 11.2 Å². The fraction of sp³-hybridized carbons (Fsp3) is 0.294. The molecule has 1 aromatic rings. The van der Waals surface area contributed by atoms with Gasteiger partial charge in [0.2, 0.25) is 0 Å². The van der Waals surface area contributed by atoms with Crippen LogP contribution >= 0.6 is 28.7 Å². The first kappa shape index (κ1) is 15.7. The van der Waals surface area contributed by atoms with Crippen LogP contribution in [0.15, 0.2) is 51.9 Å². The summed E-state index contributed by atoms with van der Waals surface area (Å²) in [4.78, 5) is 0. The molecule has 3 rings (SSSR count). The van der Waals surface area contributed by atoms with Gasteiger partial charge in [0.25, 0.3) is 0 Å². The van der Waals surface area contributed by atoms with Gasteiger partial charge in [-0.1, -0.05) is 28.7 Å². The molecule has 0 aromatic heterocycles. The molecule has 0 saturated heterocycles. The number of allylic oxidation sites excluding steroid dienone is 3. The molecule has 22 heavy (non-hydrogen) atoms. The third kappa shape index (κ3) is 2.40. The summed E-state index contributed by atoms with van der Waals surface area (Å²) in [6, 6.07) is 6.42. The minimum Gasteiger partial charge on any atom is -0.460 e. The van der Waals surface area contributed by atoms with E-state index in [2.05, 4.69) is 42.6 Å². The summed E-state index contributed by atoms with van der Waals surface area (Å²) in [7, 11) is 1.88. The molecule has 0 amide bonds. The Morgan fingerprint density at radius 2 is 1.95 bits per heavy atom. The molecule has 0 spiro atoms. The van der Waals surface area contributed by atoms with Crippen molar-refractivity contribution >= 4 is 34.5 Å². The topological polar surface area (TPSA) is 12.5 Å². The van der Waals surface area contributed by atoms with Gasteiger partial charge in [0.15, 0.2) is 0 Å².